The molecule has 0 aromatic carbocycles. The van der Waals surface area contributed by atoms with E-state index in [9.17, 15) is 21.6 Å². The molecule has 0 spiro atoms. The van der Waals surface area contributed by atoms with Crippen LogP contribution in [-0.4, -0.2) is 62.0 Å². The third kappa shape index (κ3) is 7.11. The van der Waals surface area contributed by atoms with Crippen molar-refractivity contribution in [1.82, 2.24) is 19.9 Å². The van der Waals surface area contributed by atoms with Crippen LogP contribution in [0.15, 0.2) is 23.3 Å². The summed E-state index contributed by atoms with van der Waals surface area (Å²) >= 11 is 0. The van der Waals surface area contributed by atoms with Crippen LogP contribution in [0.5, 0.6) is 5.88 Å². The lowest BCUT2D eigenvalue weighted by atomic mass is 10.1. The number of hydrogen-bond donors (Lipinski definition) is 2. The number of nitrogens with zero attached hydrogens (tertiary/aromatic N) is 3. The van der Waals surface area contributed by atoms with Crippen molar-refractivity contribution >= 4 is 40.0 Å². The number of rotatable bonds is 7. The second-order valence-corrected chi connectivity index (χ2v) is 8.44. The molecule has 2 heterocycles. The molecule has 0 aliphatic carbocycles. The van der Waals surface area contributed by atoms with Crippen LogP contribution < -0.4 is 15.4 Å². The Balaban J connectivity index is 0.00000450. The van der Waals surface area contributed by atoms with Gasteiger partial charge in [-0.1, -0.05) is 13.0 Å². The summed E-state index contributed by atoms with van der Waals surface area (Å²) in [4.78, 5) is 8.33. The minimum absolute atomic E-state index is 0. The maximum Gasteiger partial charge on any atom is 0.511 e. The van der Waals surface area contributed by atoms with Gasteiger partial charge in [-0.05, 0) is 25.3 Å². The van der Waals surface area contributed by atoms with Gasteiger partial charge in [0, 0.05) is 44.5 Å². The SMILES string of the molecule is CCCOc1ncccc1CNC(=NC)NC1CCN(S(=O)(=O)C(F)(F)F)CC1.I. The van der Waals surface area contributed by atoms with E-state index in [0.717, 1.165) is 12.0 Å². The van der Waals surface area contributed by atoms with Crippen LogP contribution in [0.25, 0.3) is 0 Å². The molecule has 0 saturated carbocycles. The number of piperidine rings is 1. The summed E-state index contributed by atoms with van der Waals surface area (Å²) in [6, 6.07) is 3.48. The van der Waals surface area contributed by atoms with E-state index in [0.29, 0.717) is 29.3 Å². The summed E-state index contributed by atoms with van der Waals surface area (Å²) in [6.07, 6.45) is 2.99. The number of pyridine rings is 1. The highest BCUT2D eigenvalue weighted by atomic mass is 127. The minimum atomic E-state index is -5.28. The number of ether oxygens (including phenoxy) is 1. The summed E-state index contributed by atoms with van der Waals surface area (Å²) in [6.45, 7) is 2.55. The van der Waals surface area contributed by atoms with Crippen LogP contribution in [0.4, 0.5) is 13.2 Å². The average molecular weight is 565 g/mol. The van der Waals surface area contributed by atoms with Crippen molar-refractivity contribution in [2.75, 3.05) is 26.7 Å². The van der Waals surface area contributed by atoms with Crippen LogP contribution >= 0.6 is 24.0 Å². The first-order valence-corrected chi connectivity index (χ1v) is 10.7. The number of alkyl halides is 3. The molecule has 1 aromatic rings. The maximum absolute atomic E-state index is 12.7. The van der Waals surface area contributed by atoms with Crippen LogP contribution in [0.2, 0.25) is 0 Å². The number of sulfonamides is 1. The Hall–Kier alpha value is -1.35. The summed E-state index contributed by atoms with van der Waals surface area (Å²) < 4.78 is 67.0. The third-order valence-corrected chi connectivity index (χ3v) is 6.02. The fourth-order valence-corrected chi connectivity index (χ4v) is 3.83. The number of hydrogen-bond acceptors (Lipinski definition) is 5. The lowest BCUT2D eigenvalue weighted by molar-refractivity contribution is -0.0494. The number of aliphatic imine (C=N–C) groups is 1. The van der Waals surface area contributed by atoms with Gasteiger partial charge in [-0.25, -0.2) is 13.4 Å². The van der Waals surface area contributed by atoms with E-state index in [1.807, 2.05) is 13.0 Å². The lowest BCUT2D eigenvalue weighted by Gasteiger charge is -2.32. The molecule has 1 fully saturated rings. The molecular formula is C17H27F3IN5O3S. The molecular weight excluding hydrogens is 538 g/mol. The molecule has 0 amide bonds. The predicted molar refractivity (Wildman–Crippen MR) is 118 cm³/mol. The normalized spacial score (nSPS) is 16.6. The fraction of sp³-hybridized carbons (Fsp3) is 0.647. The van der Waals surface area contributed by atoms with Gasteiger partial charge in [-0.15, -0.1) is 24.0 Å². The van der Waals surface area contributed by atoms with Crippen LogP contribution in [0, 0.1) is 0 Å². The molecule has 1 aliphatic heterocycles. The molecule has 172 valence electrons. The quantitative estimate of drug-likeness (QED) is 0.300. The first-order chi connectivity index (χ1) is 13.7. The standard InChI is InChI=1S/C17H26F3N5O3S.HI/c1-3-11-28-15-13(5-4-8-22-15)12-23-16(21-2)24-14-6-9-25(10-7-14)29(26,27)17(18,19)20;/h4-5,8,14H,3,6-7,9-12H2,1-2H3,(H2,21,23,24);1H. The van der Waals surface area contributed by atoms with Gasteiger partial charge in [0.2, 0.25) is 5.88 Å². The number of aromatic nitrogens is 1. The average Bonchev–Trinajstić information content (AvgIpc) is 2.69. The first-order valence-electron chi connectivity index (χ1n) is 9.29. The Morgan fingerprint density at radius 1 is 1.37 bits per heavy atom. The van der Waals surface area contributed by atoms with E-state index in [2.05, 4.69) is 20.6 Å². The molecule has 8 nitrogen and oxygen atoms in total. The Labute approximate surface area is 191 Å². The molecule has 2 rings (SSSR count). The molecule has 0 radical (unpaired) electrons. The maximum atomic E-state index is 12.7. The molecule has 2 N–H and O–H groups in total. The van der Waals surface area contributed by atoms with Gasteiger partial charge in [0.05, 0.1) is 6.61 Å². The Morgan fingerprint density at radius 2 is 2.03 bits per heavy atom. The van der Waals surface area contributed by atoms with Gasteiger partial charge in [0.15, 0.2) is 5.96 Å². The molecule has 0 atom stereocenters. The van der Waals surface area contributed by atoms with Gasteiger partial charge >= 0.3 is 15.5 Å². The van der Waals surface area contributed by atoms with Crippen molar-refractivity contribution in [1.29, 1.82) is 0 Å². The zero-order valence-electron chi connectivity index (χ0n) is 16.8. The van der Waals surface area contributed by atoms with Crippen molar-refractivity contribution in [2.45, 2.75) is 44.3 Å². The zero-order chi connectivity index (χ0) is 21.5. The summed E-state index contributed by atoms with van der Waals surface area (Å²) in [7, 11) is -3.70. The third-order valence-electron chi connectivity index (χ3n) is 4.39. The van der Waals surface area contributed by atoms with Crippen molar-refractivity contribution in [3.05, 3.63) is 23.9 Å². The second-order valence-electron chi connectivity index (χ2n) is 6.51. The molecule has 0 bridgehead atoms. The van der Waals surface area contributed by atoms with E-state index in [-0.39, 0.29) is 55.9 Å². The van der Waals surface area contributed by atoms with Gasteiger partial charge in [-0.2, -0.15) is 17.5 Å². The summed E-state index contributed by atoms with van der Waals surface area (Å²) in [5.41, 5.74) is -4.43. The van der Waals surface area contributed by atoms with Crippen molar-refractivity contribution in [2.24, 2.45) is 4.99 Å². The van der Waals surface area contributed by atoms with Gasteiger partial charge in [0.25, 0.3) is 0 Å². The summed E-state index contributed by atoms with van der Waals surface area (Å²) in [5, 5.41) is 6.25. The van der Waals surface area contributed by atoms with E-state index in [1.165, 1.54) is 0 Å². The minimum Gasteiger partial charge on any atom is -0.477 e. The zero-order valence-corrected chi connectivity index (χ0v) is 19.9. The molecule has 1 aromatic heterocycles. The van der Waals surface area contributed by atoms with Crippen LogP contribution in [0.1, 0.15) is 31.7 Å². The van der Waals surface area contributed by atoms with Gasteiger partial charge in [-0.3, -0.25) is 4.99 Å². The topological polar surface area (TPSA) is 95.9 Å². The van der Waals surface area contributed by atoms with E-state index < -0.39 is 15.5 Å². The van der Waals surface area contributed by atoms with E-state index in [1.54, 1.807) is 19.3 Å². The second kappa shape index (κ2) is 11.9. The first kappa shape index (κ1) is 26.7. The molecule has 30 heavy (non-hydrogen) atoms. The van der Waals surface area contributed by atoms with Crippen molar-refractivity contribution < 1.29 is 26.3 Å². The Morgan fingerprint density at radius 3 is 2.60 bits per heavy atom. The number of guanidine groups is 1. The fourth-order valence-electron chi connectivity index (χ4n) is 2.84. The van der Waals surface area contributed by atoms with E-state index in [4.69, 9.17) is 4.74 Å². The number of nitrogens with one attached hydrogen (secondary N) is 2. The highest BCUT2D eigenvalue weighted by Crippen LogP contribution is 2.28. The number of halogens is 4. The van der Waals surface area contributed by atoms with Crippen molar-refractivity contribution in [3.63, 3.8) is 0 Å². The van der Waals surface area contributed by atoms with Gasteiger partial charge < -0.3 is 15.4 Å². The molecule has 0 unspecified atom stereocenters. The summed E-state index contributed by atoms with van der Waals surface area (Å²) in [5.74, 6) is 0.996. The van der Waals surface area contributed by atoms with Gasteiger partial charge in [0.1, 0.15) is 0 Å². The van der Waals surface area contributed by atoms with E-state index >= 15 is 0 Å². The smallest absolute Gasteiger partial charge is 0.477 e. The van der Waals surface area contributed by atoms with Crippen LogP contribution in [-0.2, 0) is 16.6 Å². The van der Waals surface area contributed by atoms with Crippen LogP contribution in [0.3, 0.4) is 0 Å². The Bertz CT molecular complexity index is 800. The lowest BCUT2D eigenvalue weighted by Crippen LogP contribution is -2.51. The monoisotopic (exact) mass is 565 g/mol. The largest absolute Gasteiger partial charge is 0.511 e. The molecule has 1 saturated heterocycles. The Kier molecular flexibility index (Phi) is 10.6. The highest BCUT2D eigenvalue weighted by molar-refractivity contribution is 14.0. The van der Waals surface area contributed by atoms with Crippen molar-refractivity contribution in [3.8, 4) is 5.88 Å². The molecule has 1 aliphatic rings. The predicted octanol–water partition coefficient (Wildman–Crippen LogP) is 2.47. The highest BCUT2D eigenvalue weighted by Gasteiger charge is 2.50. The molecule has 13 heteroatoms.